The number of ether oxygens (including phenoxy) is 1. The summed E-state index contributed by atoms with van der Waals surface area (Å²) in [6.07, 6.45) is 7.65. The highest BCUT2D eigenvalue weighted by molar-refractivity contribution is 5.99. The Morgan fingerprint density at radius 2 is 1.85 bits per heavy atom. The van der Waals surface area contributed by atoms with Gasteiger partial charge in [0.15, 0.2) is 5.82 Å². The topological polar surface area (TPSA) is 126 Å². The SMILES string of the molecule is C[C@H]1COCCN1c1nc(-c2ccc(NC(=O)Nc3cnn(C)c3)cc2)nc2c1CCN(c1ncccn1)C2. The Morgan fingerprint density at radius 1 is 1.05 bits per heavy atom. The second-order valence-corrected chi connectivity index (χ2v) is 9.69. The quantitative estimate of drug-likeness (QED) is 0.403. The molecule has 1 atom stereocenters. The molecule has 5 heterocycles. The summed E-state index contributed by atoms with van der Waals surface area (Å²) in [5.41, 5.74) is 4.29. The van der Waals surface area contributed by atoms with Gasteiger partial charge in [-0.1, -0.05) is 0 Å². The number of benzene rings is 1. The number of rotatable bonds is 5. The summed E-state index contributed by atoms with van der Waals surface area (Å²) in [4.78, 5) is 35.9. The lowest BCUT2D eigenvalue weighted by atomic mass is 10.0. The molecule has 3 aromatic heterocycles. The van der Waals surface area contributed by atoms with E-state index in [0.717, 1.165) is 36.6 Å². The normalized spacial score (nSPS) is 17.0. The van der Waals surface area contributed by atoms with E-state index < -0.39 is 0 Å². The molecule has 2 aliphatic rings. The van der Waals surface area contributed by atoms with Crippen LogP contribution in [0.4, 0.5) is 27.9 Å². The van der Waals surface area contributed by atoms with Gasteiger partial charge < -0.3 is 25.2 Å². The van der Waals surface area contributed by atoms with Crippen LogP contribution in [0.3, 0.4) is 0 Å². The van der Waals surface area contributed by atoms with Gasteiger partial charge >= 0.3 is 6.03 Å². The minimum absolute atomic E-state index is 0.214. The summed E-state index contributed by atoms with van der Waals surface area (Å²) in [6, 6.07) is 9.24. The van der Waals surface area contributed by atoms with Gasteiger partial charge in [0.2, 0.25) is 5.95 Å². The van der Waals surface area contributed by atoms with Crippen molar-refractivity contribution in [3.05, 3.63) is 66.4 Å². The first-order valence-corrected chi connectivity index (χ1v) is 13.0. The van der Waals surface area contributed by atoms with Crippen LogP contribution in [-0.4, -0.2) is 68.1 Å². The molecule has 4 aromatic rings. The minimum Gasteiger partial charge on any atom is -0.377 e. The molecular formula is C27H30N10O2. The van der Waals surface area contributed by atoms with Gasteiger partial charge in [-0.3, -0.25) is 4.68 Å². The maximum Gasteiger partial charge on any atom is 0.323 e. The number of carbonyl (C=O) groups excluding carboxylic acids is 1. The van der Waals surface area contributed by atoms with Gasteiger partial charge in [0, 0.05) is 55.5 Å². The zero-order valence-electron chi connectivity index (χ0n) is 21.9. The molecular weight excluding hydrogens is 496 g/mol. The van der Waals surface area contributed by atoms with Gasteiger partial charge in [0.1, 0.15) is 5.82 Å². The third kappa shape index (κ3) is 5.36. The van der Waals surface area contributed by atoms with Gasteiger partial charge in [-0.2, -0.15) is 5.10 Å². The summed E-state index contributed by atoms with van der Waals surface area (Å²) in [5.74, 6) is 2.31. The van der Waals surface area contributed by atoms with Crippen molar-refractivity contribution in [3.63, 3.8) is 0 Å². The zero-order valence-corrected chi connectivity index (χ0v) is 21.9. The second kappa shape index (κ2) is 10.7. The predicted octanol–water partition coefficient (Wildman–Crippen LogP) is 3.10. The monoisotopic (exact) mass is 526 g/mol. The Morgan fingerprint density at radius 3 is 2.59 bits per heavy atom. The summed E-state index contributed by atoms with van der Waals surface area (Å²) in [7, 11) is 1.79. The highest BCUT2D eigenvalue weighted by Crippen LogP contribution is 2.32. The van der Waals surface area contributed by atoms with Crippen LogP contribution in [0.15, 0.2) is 55.1 Å². The lowest BCUT2D eigenvalue weighted by molar-refractivity contribution is 0.0984. The van der Waals surface area contributed by atoms with E-state index >= 15 is 0 Å². The zero-order chi connectivity index (χ0) is 26.8. The van der Waals surface area contributed by atoms with Gasteiger partial charge in [0.25, 0.3) is 0 Å². The number of aromatic nitrogens is 6. The van der Waals surface area contributed by atoms with E-state index in [0.29, 0.717) is 42.9 Å². The maximum atomic E-state index is 12.4. The Labute approximate surface area is 226 Å². The number of anilines is 4. The van der Waals surface area contributed by atoms with Gasteiger partial charge in [-0.15, -0.1) is 0 Å². The van der Waals surface area contributed by atoms with Gasteiger partial charge in [0.05, 0.1) is 43.4 Å². The molecule has 12 nitrogen and oxygen atoms in total. The molecule has 2 N–H and O–H groups in total. The lowest BCUT2D eigenvalue weighted by Gasteiger charge is -2.37. The molecule has 0 saturated carbocycles. The number of aryl methyl sites for hydroxylation is 1. The van der Waals surface area contributed by atoms with Crippen LogP contribution in [0.2, 0.25) is 0 Å². The molecule has 2 aliphatic heterocycles. The first kappa shape index (κ1) is 24.7. The number of urea groups is 1. The number of hydrogen-bond donors (Lipinski definition) is 2. The van der Waals surface area contributed by atoms with Crippen molar-refractivity contribution in [2.45, 2.75) is 25.9 Å². The van der Waals surface area contributed by atoms with E-state index in [1.807, 2.05) is 30.3 Å². The molecule has 1 fully saturated rings. The Bertz CT molecular complexity index is 1460. The highest BCUT2D eigenvalue weighted by atomic mass is 16.5. The van der Waals surface area contributed by atoms with Crippen LogP contribution in [-0.2, 0) is 24.8 Å². The number of carbonyl (C=O) groups is 1. The molecule has 39 heavy (non-hydrogen) atoms. The largest absolute Gasteiger partial charge is 0.377 e. The predicted molar refractivity (Wildman–Crippen MR) is 148 cm³/mol. The summed E-state index contributed by atoms with van der Waals surface area (Å²) >= 11 is 0. The van der Waals surface area contributed by atoms with Crippen molar-refractivity contribution < 1.29 is 9.53 Å². The number of fused-ring (bicyclic) bond motifs is 1. The number of nitrogens with zero attached hydrogens (tertiary/aromatic N) is 8. The number of amides is 2. The molecule has 0 aliphatic carbocycles. The van der Waals surface area contributed by atoms with Crippen LogP contribution in [0.5, 0.6) is 0 Å². The van der Waals surface area contributed by atoms with E-state index in [2.05, 4.69) is 42.4 Å². The fourth-order valence-electron chi connectivity index (χ4n) is 4.93. The fraction of sp³-hybridized carbons (Fsp3) is 0.333. The minimum atomic E-state index is -0.340. The van der Waals surface area contributed by atoms with Gasteiger partial charge in [-0.05, 0) is 43.7 Å². The third-order valence-corrected chi connectivity index (χ3v) is 6.88. The van der Waals surface area contributed by atoms with E-state index in [4.69, 9.17) is 14.7 Å². The average Bonchev–Trinajstić information content (AvgIpc) is 3.37. The molecule has 0 spiro atoms. The Balaban J connectivity index is 1.28. The fourth-order valence-corrected chi connectivity index (χ4v) is 4.93. The Hall–Kier alpha value is -4.58. The second-order valence-electron chi connectivity index (χ2n) is 9.69. The maximum absolute atomic E-state index is 12.4. The molecule has 0 bridgehead atoms. The molecule has 2 amide bonds. The molecule has 6 rings (SSSR count). The van der Waals surface area contributed by atoms with Crippen molar-refractivity contribution in [3.8, 4) is 11.4 Å². The van der Waals surface area contributed by atoms with E-state index in [9.17, 15) is 4.79 Å². The number of morpholine rings is 1. The van der Waals surface area contributed by atoms with Crippen LogP contribution >= 0.6 is 0 Å². The van der Waals surface area contributed by atoms with Crippen molar-refractivity contribution in [1.29, 1.82) is 0 Å². The van der Waals surface area contributed by atoms with Crippen LogP contribution < -0.4 is 20.4 Å². The Kier molecular flexibility index (Phi) is 6.76. The van der Waals surface area contributed by atoms with E-state index in [-0.39, 0.29) is 12.1 Å². The van der Waals surface area contributed by atoms with Crippen LogP contribution in [0.25, 0.3) is 11.4 Å². The van der Waals surface area contributed by atoms with Crippen molar-refractivity contribution >= 4 is 29.2 Å². The third-order valence-electron chi connectivity index (χ3n) is 6.88. The molecule has 200 valence electrons. The van der Waals surface area contributed by atoms with E-state index in [1.54, 1.807) is 36.5 Å². The van der Waals surface area contributed by atoms with E-state index in [1.165, 1.54) is 5.56 Å². The van der Waals surface area contributed by atoms with Crippen LogP contribution in [0, 0.1) is 0 Å². The number of nitrogens with one attached hydrogen (secondary N) is 2. The smallest absolute Gasteiger partial charge is 0.323 e. The van der Waals surface area contributed by atoms with Crippen molar-refractivity contribution in [2.24, 2.45) is 7.05 Å². The summed E-state index contributed by atoms with van der Waals surface area (Å²) in [6.45, 7) is 5.69. The standard InChI is InChI=1S/C27H30N10O2/c1-18-17-39-13-12-37(18)25-22-8-11-36(26-28-9-3-10-29-26)16-23(22)33-24(34-25)19-4-6-20(7-5-19)31-27(38)32-21-14-30-35(2)15-21/h3-7,9-10,14-15,18H,8,11-13,16-17H2,1-2H3,(H2,31,32,38)/t18-/m0/s1. The molecule has 0 radical (unpaired) electrons. The first-order valence-electron chi connectivity index (χ1n) is 13.0. The van der Waals surface area contributed by atoms with Crippen LogP contribution in [0.1, 0.15) is 18.2 Å². The van der Waals surface area contributed by atoms with Crippen molar-refractivity contribution in [1.82, 2.24) is 29.7 Å². The summed E-state index contributed by atoms with van der Waals surface area (Å²) < 4.78 is 7.32. The first-order chi connectivity index (χ1) is 19.0. The molecule has 12 heteroatoms. The highest BCUT2D eigenvalue weighted by Gasteiger charge is 2.29. The molecule has 0 unspecified atom stereocenters. The molecule has 1 saturated heterocycles. The van der Waals surface area contributed by atoms with Gasteiger partial charge in [-0.25, -0.2) is 24.7 Å². The number of hydrogen-bond acceptors (Lipinski definition) is 9. The van der Waals surface area contributed by atoms with Crippen molar-refractivity contribution in [2.75, 3.05) is 46.7 Å². The summed E-state index contributed by atoms with van der Waals surface area (Å²) in [5, 5.41) is 9.68. The lowest BCUT2D eigenvalue weighted by Crippen LogP contribution is -2.45. The average molecular weight is 527 g/mol. The molecule has 1 aromatic carbocycles.